The average Bonchev–Trinajstić information content (AvgIpc) is 3.47. The van der Waals surface area contributed by atoms with Crippen molar-refractivity contribution in [2.24, 2.45) is 0 Å². The predicted molar refractivity (Wildman–Crippen MR) is 102 cm³/mol. The highest BCUT2D eigenvalue weighted by Crippen LogP contribution is 2.37. The second-order valence-corrected chi connectivity index (χ2v) is 7.59. The number of hydrogen-bond donors (Lipinski definition) is 1. The highest BCUT2D eigenvalue weighted by molar-refractivity contribution is 6.35. The Kier molecular flexibility index (Phi) is 5.11. The summed E-state index contributed by atoms with van der Waals surface area (Å²) < 4.78 is 5.72. The van der Waals surface area contributed by atoms with Crippen LogP contribution < -0.4 is 5.32 Å². The zero-order valence-corrected chi connectivity index (χ0v) is 15.7. The Morgan fingerprint density at radius 2 is 2.31 bits per heavy atom. The van der Waals surface area contributed by atoms with Gasteiger partial charge in [0.2, 0.25) is 5.91 Å². The van der Waals surface area contributed by atoms with E-state index in [9.17, 15) is 4.79 Å². The van der Waals surface area contributed by atoms with Gasteiger partial charge in [-0.1, -0.05) is 17.7 Å². The average molecular weight is 374 g/mol. The van der Waals surface area contributed by atoms with E-state index in [1.165, 1.54) is 0 Å². The molecule has 0 spiro atoms. The van der Waals surface area contributed by atoms with Crippen LogP contribution in [0.2, 0.25) is 5.02 Å². The van der Waals surface area contributed by atoms with Crippen molar-refractivity contribution in [3.63, 3.8) is 0 Å². The van der Waals surface area contributed by atoms with Crippen molar-refractivity contribution in [2.75, 3.05) is 19.7 Å². The number of hydrogen-bond acceptors (Lipinski definition) is 4. The Balaban J connectivity index is 1.57. The molecule has 1 N–H and O–H groups in total. The highest BCUT2D eigenvalue weighted by Gasteiger charge is 2.37. The first-order valence-corrected chi connectivity index (χ1v) is 9.69. The normalized spacial score (nSPS) is 21.5. The molecule has 2 aliphatic rings. The standard InChI is InChI=1S/C20H24ClN3O2/c1-13(15-9-14-3-2-6-23-20(14)18(21)10-15)24(16-4-5-16)19(25)11-17-12-22-7-8-26-17/h2-3,6,9-10,13,16-17,22H,4-5,7-8,11-12H2,1H3/t13-,17?/m0/s1. The zero-order chi connectivity index (χ0) is 18.1. The van der Waals surface area contributed by atoms with Crippen LogP contribution in [0.25, 0.3) is 10.9 Å². The fraction of sp³-hybridized carbons (Fsp3) is 0.500. The van der Waals surface area contributed by atoms with E-state index in [0.29, 0.717) is 24.1 Å². The first kappa shape index (κ1) is 17.7. The minimum atomic E-state index is -0.0332. The molecule has 26 heavy (non-hydrogen) atoms. The summed E-state index contributed by atoms with van der Waals surface area (Å²) >= 11 is 6.45. The molecule has 1 saturated heterocycles. The van der Waals surface area contributed by atoms with Gasteiger partial charge in [0, 0.05) is 30.7 Å². The second-order valence-electron chi connectivity index (χ2n) is 7.19. The molecule has 2 fully saturated rings. The maximum Gasteiger partial charge on any atom is 0.225 e. The number of amides is 1. The van der Waals surface area contributed by atoms with Crippen LogP contribution in [0.15, 0.2) is 30.5 Å². The lowest BCUT2D eigenvalue weighted by molar-refractivity contribution is -0.137. The van der Waals surface area contributed by atoms with Crippen LogP contribution in [0.3, 0.4) is 0 Å². The molecule has 0 bridgehead atoms. The minimum absolute atomic E-state index is 0.0198. The van der Waals surface area contributed by atoms with Gasteiger partial charge in [0.05, 0.1) is 35.7 Å². The van der Waals surface area contributed by atoms with E-state index in [0.717, 1.165) is 42.4 Å². The Hall–Kier alpha value is -1.69. The third kappa shape index (κ3) is 3.70. The lowest BCUT2D eigenvalue weighted by atomic mass is 10.0. The summed E-state index contributed by atoms with van der Waals surface area (Å²) in [6.45, 7) is 4.36. The SMILES string of the molecule is C[C@@H](c1cc(Cl)c2ncccc2c1)N(C(=O)CC1CNCCO1)C1CC1. The number of ether oxygens (including phenoxy) is 1. The van der Waals surface area contributed by atoms with Crippen LogP contribution >= 0.6 is 11.6 Å². The number of fused-ring (bicyclic) bond motifs is 1. The Bertz CT molecular complexity index is 803. The van der Waals surface area contributed by atoms with Gasteiger partial charge in [0.25, 0.3) is 0 Å². The van der Waals surface area contributed by atoms with E-state index in [2.05, 4.69) is 23.3 Å². The van der Waals surface area contributed by atoms with Crippen molar-refractivity contribution in [1.29, 1.82) is 0 Å². The van der Waals surface area contributed by atoms with Gasteiger partial charge in [-0.25, -0.2) is 0 Å². The van der Waals surface area contributed by atoms with E-state index < -0.39 is 0 Å². The maximum atomic E-state index is 13.0. The first-order chi connectivity index (χ1) is 12.6. The van der Waals surface area contributed by atoms with E-state index >= 15 is 0 Å². The minimum Gasteiger partial charge on any atom is -0.375 e. The van der Waals surface area contributed by atoms with Crippen molar-refractivity contribution >= 4 is 28.4 Å². The predicted octanol–water partition coefficient (Wildman–Crippen LogP) is 3.32. The molecule has 138 valence electrons. The summed E-state index contributed by atoms with van der Waals surface area (Å²) in [5, 5.41) is 4.93. The Morgan fingerprint density at radius 3 is 3.04 bits per heavy atom. The van der Waals surface area contributed by atoms with Crippen molar-refractivity contribution < 1.29 is 9.53 Å². The van der Waals surface area contributed by atoms with Gasteiger partial charge < -0.3 is 15.0 Å². The molecule has 1 aliphatic heterocycles. The quantitative estimate of drug-likeness (QED) is 0.873. The van der Waals surface area contributed by atoms with E-state index in [-0.39, 0.29) is 18.1 Å². The summed E-state index contributed by atoms with van der Waals surface area (Å²) in [5.74, 6) is 0.163. The van der Waals surface area contributed by atoms with Gasteiger partial charge in [-0.3, -0.25) is 9.78 Å². The van der Waals surface area contributed by atoms with Crippen molar-refractivity contribution in [1.82, 2.24) is 15.2 Å². The number of rotatable bonds is 5. The van der Waals surface area contributed by atoms with Gasteiger partial charge in [-0.2, -0.15) is 0 Å². The van der Waals surface area contributed by atoms with Crippen molar-refractivity contribution in [2.45, 2.75) is 44.4 Å². The van der Waals surface area contributed by atoms with Crippen LogP contribution in [0.5, 0.6) is 0 Å². The van der Waals surface area contributed by atoms with Crippen LogP contribution in [-0.4, -0.2) is 47.6 Å². The monoisotopic (exact) mass is 373 g/mol. The number of nitrogens with zero attached hydrogens (tertiary/aromatic N) is 2. The van der Waals surface area contributed by atoms with Gasteiger partial charge in [-0.05, 0) is 43.5 Å². The number of carbonyl (C=O) groups is 1. The number of carbonyl (C=O) groups excluding carboxylic acids is 1. The molecular weight excluding hydrogens is 350 g/mol. The number of aromatic nitrogens is 1. The highest BCUT2D eigenvalue weighted by atomic mass is 35.5. The van der Waals surface area contributed by atoms with Gasteiger partial charge >= 0.3 is 0 Å². The molecular formula is C20H24ClN3O2. The van der Waals surface area contributed by atoms with Crippen molar-refractivity contribution in [3.05, 3.63) is 41.0 Å². The van der Waals surface area contributed by atoms with Crippen LogP contribution in [-0.2, 0) is 9.53 Å². The van der Waals surface area contributed by atoms with Gasteiger partial charge in [-0.15, -0.1) is 0 Å². The first-order valence-electron chi connectivity index (χ1n) is 9.31. The van der Waals surface area contributed by atoms with E-state index in [4.69, 9.17) is 16.3 Å². The lowest BCUT2D eigenvalue weighted by Gasteiger charge is -2.32. The van der Waals surface area contributed by atoms with Crippen molar-refractivity contribution in [3.8, 4) is 0 Å². The van der Waals surface area contributed by atoms with Gasteiger partial charge in [0.15, 0.2) is 0 Å². The number of halogens is 1. The number of pyridine rings is 1. The topological polar surface area (TPSA) is 54.5 Å². The number of benzene rings is 1. The molecule has 5 nitrogen and oxygen atoms in total. The maximum absolute atomic E-state index is 13.0. The van der Waals surface area contributed by atoms with Crippen LogP contribution in [0.4, 0.5) is 0 Å². The van der Waals surface area contributed by atoms with Crippen LogP contribution in [0.1, 0.15) is 37.8 Å². The second kappa shape index (κ2) is 7.51. The Labute approximate surface area is 158 Å². The molecule has 1 saturated carbocycles. The summed E-state index contributed by atoms with van der Waals surface area (Å²) in [6, 6.07) is 8.27. The fourth-order valence-electron chi connectivity index (χ4n) is 3.71. The third-order valence-corrected chi connectivity index (χ3v) is 5.50. The van der Waals surface area contributed by atoms with E-state index in [1.54, 1.807) is 6.20 Å². The molecule has 1 amide bonds. The molecule has 0 radical (unpaired) electrons. The lowest BCUT2D eigenvalue weighted by Crippen LogP contribution is -2.43. The van der Waals surface area contributed by atoms with E-state index in [1.807, 2.05) is 23.1 Å². The largest absolute Gasteiger partial charge is 0.375 e. The summed E-state index contributed by atoms with van der Waals surface area (Å²) in [4.78, 5) is 19.4. The smallest absolute Gasteiger partial charge is 0.225 e. The molecule has 1 aromatic carbocycles. The van der Waals surface area contributed by atoms with Gasteiger partial charge in [0.1, 0.15) is 0 Å². The fourth-order valence-corrected chi connectivity index (χ4v) is 3.99. The molecule has 6 heteroatoms. The zero-order valence-electron chi connectivity index (χ0n) is 15.0. The summed E-state index contributed by atoms with van der Waals surface area (Å²) in [5.41, 5.74) is 1.86. The summed E-state index contributed by atoms with van der Waals surface area (Å²) in [7, 11) is 0. The molecule has 2 heterocycles. The number of nitrogens with one attached hydrogen (secondary N) is 1. The third-order valence-electron chi connectivity index (χ3n) is 5.22. The molecule has 1 aliphatic carbocycles. The molecule has 2 aromatic rings. The molecule has 4 rings (SSSR count). The molecule has 1 unspecified atom stereocenters. The Morgan fingerprint density at radius 1 is 1.46 bits per heavy atom. The molecule has 2 atom stereocenters. The van der Waals surface area contributed by atoms with Crippen LogP contribution in [0, 0.1) is 0 Å². The molecule has 1 aromatic heterocycles. The summed E-state index contributed by atoms with van der Waals surface area (Å²) in [6.07, 6.45) is 4.28. The number of morpholine rings is 1.